The third kappa shape index (κ3) is 3.62. The van der Waals surface area contributed by atoms with E-state index >= 15 is 0 Å². The van der Waals surface area contributed by atoms with Crippen LogP contribution in [0.4, 0.5) is 5.82 Å². The molecule has 0 N–H and O–H groups in total. The highest BCUT2D eigenvalue weighted by Crippen LogP contribution is 2.23. The predicted molar refractivity (Wildman–Crippen MR) is 85.1 cm³/mol. The second kappa shape index (κ2) is 6.60. The molecule has 0 saturated heterocycles. The maximum absolute atomic E-state index is 6.01. The Morgan fingerprint density at radius 2 is 1.95 bits per heavy atom. The summed E-state index contributed by atoms with van der Waals surface area (Å²) in [7, 11) is 1.99. The lowest BCUT2D eigenvalue weighted by Crippen LogP contribution is -2.18. The highest BCUT2D eigenvalue weighted by atomic mass is 79.9. The molecule has 0 saturated carbocycles. The number of benzene rings is 1. The van der Waals surface area contributed by atoms with Crippen molar-refractivity contribution < 1.29 is 0 Å². The molecule has 1 heterocycles. The van der Waals surface area contributed by atoms with Gasteiger partial charge in [-0.3, -0.25) is 0 Å². The summed E-state index contributed by atoms with van der Waals surface area (Å²) >= 11 is 15.4. The summed E-state index contributed by atoms with van der Waals surface area (Å²) in [5.41, 5.74) is 1.91. The van der Waals surface area contributed by atoms with Crippen LogP contribution < -0.4 is 4.90 Å². The van der Waals surface area contributed by atoms with Gasteiger partial charge in [0.25, 0.3) is 0 Å². The third-order valence-corrected chi connectivity index (χ3v) is 4.16. The standard InChI is InChI=1S/C14H13BrCl2N2/c1-19(9-10-4-2-3-5-11(10)15)14-7-6-12(17)13(8-16)18-14/h2-7H,8-9H2,1H3. The number of alkyl halides is 1. The Bertz CT molecular complexity index is 575. The van der Waals surface area contributed by atoms with Crippen LogP contribution in [-0.2, 0) is 12.4 Å². The Morgan fingerprint density at radius 3 is 2.63 bits per heavy atom. The van der Waals surface area contributed by atoms with Crippen molar-refractivity contribution in [3.8, 4) is 0 Å². The van der Waals surface area contributed by atoms with E-state index in [1.54, 1.807) is 0 Å². The van der Waals surface area contributed by atoms with Crippen molar-refractivity contribution in [2.24, 2.45) is 0 Å². The van der Waals surface area contributed by atoms with Crippen LogP contribution in [0.25, 0.3) is 0 Å². The van der Waals surface area contributed by atoms with Crippen LogP contribution in [0.1, 0.15) is 11.3 Å². The molecule has 100 valence electrons. The average molecular weight is 360 g/mol. The molecule has 2 aromatic rings. The van der Waals surface area contributed by atoms with Crippen LogP contribution in [0, 0.1) is 0 Å². The molecule has 0 aliphatic heterocycles. The second-order valence-electron chi connectivity index (χ2n) is 4.18. The minimum absolute atomic E-state index is 0.315. The Morgan fingerprint density at radius 1 is 1.21 bits per heavy atom. The monoisotopic (exact) mass is 358 g/mol. The van der Waals surface area contributed by atoms with Gasteiger partial charge in [0, 0.05) is 18.1 Å². The number of halogens is 3. The Hall–Kier alpha value is -0.770. The van der Waals surface area contributed by atoms with Crippen molar-refractivity contribution in [2.75, 3.05) is 11.9 Å². The van der Waals surface area contributed by atoms with E-state index in [4.69, 9.17) is 23.2 Å². The molecule has 2 rings (SSSR count). The third-order valence-electron chi connectivity index (χ3n) is 2.79. The lowest BCUT2D eigenvalue weighted by atomic mass is 10.2. The fourth-order valence-electron chi connectivity index (χ4n) is 1.74. The van der Waals surface area contributed by atoms with Crippen molar-refractivity contribution in [1.82, 2.24) is 4.98 Å². The van der Waals surface area contributed by atoms with Gasteiger partial charge in [0.15, 0.2) is 0 Å². The maximum Gasteiger partial charge on any atom is 0.129 e. The minimum Gasteiger partial charge on any atom is -0.355 e. The van der Waals surface area contributed by atoms with E-state index in [1.807, 2.05) is 37.4 Å². The smallest absolute Gasteiger partial charge is 0.129 e. The number of nitrogens with zero attached hydrogens (tertiary/aromatic N) is 2. The van der Waals surface area contributed by atoms with Crippen molar-refractivity contribution in [3.63, 3.8) is 0 Å². The predicted octanol–water partition coefficient (Wildman–Crippen LogP) is 4.87. The van der Waals surface area contributed by atoms with E-state index in [9.17, 15) is 0 Å². The van der Waals surface area contributed by atoms with E-state index < -0.39 is 0 Å². The second-order valence-corrected chi connectivity index (χ2v) is 5.71. The molecule has 19 heavy (non-hydrogen) atoms. The molecule has 1 aromatic heterocycles. The number of anilines is 1. The Balaban J connectivity index is 2.20. The van der Waals surface area contributed by atoms with Gasteiger partial charge in [0.2, 0.25) is 0 Å². The summed E-state index contributed by atoms with van der Waals surface area (Å²) in [6.07, 6.45) is 0. The molecule has 5 heteroatoms. The topological polar surface area (TPSA) is 16.1 Å². The quantitative estimate of drug-likeness (QED) is 0.723. The van der Waals surface area contributed by atoms with Gasteiger partial charge in [0.1, 0.15) is 5.82 Å². The molecule has 0 spiro atoms. The van der Waals surface area contributed by atoms with Crippen LogP contribution in [-0.4, -0.2) is 12.0 Å². The first-order valence-corrected chi connectivity index (χ1v) is 7.48. The summed E-state index contributed by atoms with van der Waals surface area (Å²) in [5, 5.41) is 0.605. The van der Waals surface area contributed by atoms with Crippen LogP contribution in [0.5, 0.6) is 0 Å². The number of rotatable bonds is 4. The van der Waals surface area contributed by atoms with Gasteiger partial charge in [0.05, 0.1) is 16.6 Å². The van der Waals surface area contributed by atoms with Gasteiger partial charge < -0.3 is 4.90 Å². The van der Waals surface area contributed by atoms with Crippen molar-refractivity contribution in [3.05, 3.63) is 57.2 Å². The average Bonchev–Trinajstić information content (AvgIpc) is 2.42. The highest BCUT2D eigenvalue weighted by Gasteiger charge is 2.08. The van der Waals surface area contributed by atoms with E-state index in [-0.39, 0.29) is 0 Å². The maximum atomic E-state index is 6.01. The molecule has 0 fully saturated rings. The number of pyridine rings is 1. The van der Waals surface area contributed by atoms with Crippen LogP contribution in [0.15, 0.2) is 40.9 Å². The van der Waals surface area contributed by atoms with Crippen molar-refractivity contribution in [2.45, 2.75) is 12.4 Å². The van der Waals surface area contributed by atoms with Gasteiger partial charge in [-0.2, -0.15) is 0 Å². The Kier molecular flexibility index (Phi) is 5.08. The van der Waals surface area contributed by atoms with Gasteiger partial charge in [-0.15, -0.1) is 11.6 Å². The molecule has 2 nitrogen and oxygen atoms in total. The molecule has 0 radical (unpaired) electrons. The minimum atomic E-state index is 0.315. The largest absolute Gasteiger partial charge is 0.355 e. The zero-order valence-corrected chi connectivity index (χ0v) is 13.5. The highest BCUT2D eigenvalue weighted by molar-refractivity contribution is 9.10. The molecular formula is C14H13BrCl2N2. The summed E-state index contributed by atoms with van der Waals surface area (Å²) in [6, 6.07) is 11.9. The molecular weight excluding hydrogens is 347 g/mol. The molecule has 0 bridgehead atoms. The number of aromatic nitrogens is 1. The summed E-state index contributed by atoms with van der Waals surface area (Å²) in [5.74, 6) is 1.17. The van der Waals surface area contributed by atoms with E-state index in [0.717, 1.165) is 16.8 Å². The van der Waals surface area contributed by atoms with Crippen molar-refractivity contribution >= 4 is 44.9 Å². The summed E-state index contributed by atoms with van der Waals surface area (Å²) in [4.78, 5) is 6.53. The fraction of sp³-hybridized carbons (Fsp3) is 0.214. The molecule has 0 amide bonds. The van der Waals surface area contributed by atoms with Gasteiger partial charge in [-0.1, -0.05) is 45.7 Å². The molecule has 0 aliphatic carbocycles. The molecule has 0 unspecified atom stereocenters. The van der Waals surface area contributed by atoms with Crippen LogP contribution in [0.3, 0.4) is 0 Å². The van der Waals surface area contributed by atoms with E-state index in [2.05, 4.69) is 31.9 Å². The first-order valence-electron chi connectivity index (χ1n) is 5.77. The lowest BCUT2D eigenvalue weighted by Gasteiger charge is -2.19. The molecule has 1 aromatic carbocycles. The Labute approximate surface area is 131 Å². The van der Waals surface area contributed by atoms with Gasteiger partial charge in [-0.05, 0) is 23.8 Å². The first kappa shape index (κ1) is 14.6. The van der Waals surface area contributed by atoms with Crippen LogP contribution in [0.2, 0.25) is 5.02 Å². The number of hydrogen-bond donors (Lipinski definition) is 0. The summed E-state index contributed by atoms with van der Waals surface area (Å²) < 4.78 is 1.09. The fourth-order valence-corrected chi connectivity index (χ4v) is 2.60. The molecule has 0 aliphatic rings. The zero-order chi connectivity index (χ0) is 13.8. The van der Waals surface area contributed by atoms with Gasteiger partial charge >= 0.3 is 0 Å². The summed E-state index contributed by atoms with van der Waals surface area (Å²) in [6.45, 7) is 0.762. The normalized spacial score (nSPS) is 10.5. The molecule has 0 atom stereocenters. The zero-order valence-electron chi connectivity index (χ0n) is 10.4. The van der Waals surface area contributed by atoms with E-state index in [1.165, 1.54) is 5.56 Å². The number of hydrogen-bond acceptors (Lipinski definition) is 2. The lowest BCUT2D eigenvalue weighted by molar-refractivity contribution is 0.887. The van der Waals surface area contributed by atoms with Crippen molar-refractivity contribution in [1.29, 1.82) is 0 Å². The van der Waals surface area contributed by atoms with Gasteiger partial charge in [-0.25, -0.2) is 4.98 Å². The SMILES string of the molecule is CN(Cc1ccccc1Br)c1ccc(Cl)c(CCl)n1. The first-order chi connectivity index (χ1) is 9.11. The van der Waals surface area contributed by atoms with Crippen LogP contribution >= 0.6 is 39.1 Å². The van der Waals surface area contributed by atoms with E-state index in [0.29, 0.717) is 16.6 Å².